The zero-order valence-corrected chi connectivity index (χ0v) is 18.7. The molecule has 0 spiro atoms. The van der Waals surface area contributed by atoms with Crippen molar-refractivity contribution < 1.29 is 0 Å². The second kappa shape index (κ2) is 7.89. The van der Waals surface area contributed by atoms with Crippen LogP contribution >= 0.6 is 0 Å². The van der Waals surface area contributed by atoms with Gasteiger partial charge in [-0.05, 0) is 67.0 Å². The van der Waals surface area contributed by atoms with Gasteiger partial charge in [0.2, 0.25) is 5.95 Å². The van der Waals surface area contributed by atoms with Crippen molar-refractivity contribution >= 4 is 22.7 Å². The van der Waals surface area contributed by atoms with E-state index in [1.54, 1.807) is 18.5 Å². The first-order valence-corrected chi connectivity index (χ1v) is 11.1. The van der Waals surface area contributed by atoms with Gasteiger partial charge in [-0.3, -0.25) is 9.36 Å². The number of rotatable bonds is 4. The van der Waals surface area contributed by atoms with Crippen molar-refractivity contribution in [3.8, 4) is 5.69 Å². The van der Waals surface area contributed by atoms with E-state index in [-0.39, 0.29) is 17.0 Å². The molecule has 7 heteroatoms. The van der Waals surface area contributed by atoms with Crippen LogP contribution in [0.3, 0.4) is 0 Å². The highest BCUT2D eigenvalue weighted by Crippen LogP contribution is 2.43. The SMILES string of the molecule is CC1CC(n2c(=O)ccc3cnc(Nc4ccc(-n5cccn5)cc4)nc32)CC(C)(C)C1. The Morgan fingerprint density at radius 3 is 2.62 bits per heavy atom. The molecule has 1 aliphatic rings. The molecule has 3 heterocycles. The highest BCUT2D eigenvalue weighted by atomic mass is 16.1. The van der Waals surface area contributed by atoms with Crippen LogP contribution in [0.5, 0.6) is 0 Å². The molecule has 0 bridgehead atoms. The minimum atomic E-state index is 0.000579. The Labute approximate surface area is 187 Å². The molecule has 0 radical (unpaired) electrons. The van der Waals surface area contributed by atoms with Gasteiger partial charge in [-0.2, -0.15) is 10.1 Å². The standard InChI is InChI=1S/C25H28N6O/c1-17-13-21(15-25(2,3)14-17)31-22(32)10-5-18-16-26-24(29-23(18)31)28-19-6-8-20(9-7-19)30-12-4-11-27-30/h4-12,16-17,21H,13-15H2,1-3H3,(H,26,28,29). The van der Waals surface area contributed by atoms with Gasteiger partial charge in [-0.25, -0.2) is 9.67 Å². The number of hydrogen-bond acceptors (Lipinski definition) is 5. The molecule has 164 valence electrons. The normalized spacial score (nSPS) is 20.3. The Balaban J connectivity index is 1.48. The van der Waals surface area contributed by atoms with Gasteiger partial charge >= 0.3 is 0 Å². The summed E-state index contributed by atoms with van der Waals surface area (Å²) in [5, 5.41) is 8.40. The number of pyridine rings is 1. The molecule has 1 aliphatic carbocycles. The fourth-order valence-corrected chi connectivity index (χ4v) is 5.19. The van der Waals surface area contributed by atoms with Crippen molar-refractivity contribution in [3.63, 3.8) is 0 Å². The van der Waals surface area contributed by atoms with E-state index in [1.165, 1.54) is 6.42 Å². The molecule has 0 aliphatic heterocycles. The number of fused-ring (bicyclic) bond motifs is 1. The molecule has 5 rings (SSSR count). The second-order valence-corrected chi connectivity index (χ2v) is 9.70. The van der Waals surface area contributed by atoms with E-state index in [2.05, 4.69) is 36.2 Å². The Bertz CT molecular complexity index is 1290. The molecule has 0 saturated heterocycles. The molecule has 32 heavy (non-hydrogen) atoms. The van der Waals surface area contributed by atoms with Crippen LogP contribution in [-0.2, 0) is 0 Å². The summed E-state index contributed by atoms with van der Waals surface area (Å²) in [6.07, 6.45) is 8.59. The summed E-state index contributed by atoms with van der Waals surface area (Å²) < 4.78 is 3.70. The molecule has 2 unspecified atom stereocenters. The highest BCUT2D eigenvalue weighted by molar-refractivity contribution is 5.76. The van der Waals surface area contributed by atoms with Crippen molar-refractivity contribution in [2.45, 2.75) is 46.1 Å². The van der Waals surface area contributed by atoms with E-state index in [0.29, 0.717) is 17.5 Å². The minimum Gasteiger partial charge on any atom is -0.324 e. The molecule has 1 fully saturated rings. The van der Waals surface area contributed by atoms with E-state index >= 15 is 0 Å². The Hall–Kier alpha value is -3.48. The maximum Gasteiger partial charge on any atom is 0.252 e. The van der Waals surface area contributed by atoms with Crippen molar-refractivity contribution in [1.29, 1.82) is 0 Å². The summed E-state index contributed by atoms with van der Waals surface area (Å²) in [6.45, 7) is 6.86. The van der Waals surface area contributed by atoms with Gasteiger partial charge in [0, 0.05) is 41.8 Å². The average Bonchev–Trinajstić information content (AvgIpc) is 3.27. The number of benzene rings is 1. The highest BCUT2D eigenvalue weighted by Gasteiger charge is 2.34. The predicted molar refractivity (Wildman–Crippen MR) is 126 cm³/mol. The third-order valence-electron chi connectivity index (χ3n) is 6.29. The van der Waals surface area contributed by atoms with Crippen molar-refractivity contribution in [1.82, 2.24) is 24.3 Å². The third kappa shape index (κ3) is 4.02. The van der Waals surface area contributed by atoms with Gasteiger partial charge < -0.3 is 5.32 Å². The molecule has 1 N–H and O–H groups in total. The summed E-state index contributed by atoms with van der Waals surface area (Å²) in [6, 6.07) is 13.4. The Morgan fingerprint density at radius 1 is 1.09 bits per heavy atom. The molecule has 0 amide bonds. The zero-order chi connectivity index (χ0) is 22.3. The number of aromatic nitrogens is 5. The number of hydrogen-bond donors (Lipinski definition) is 1. The molecule has 4 aromatic rings. The lowest BCUT2D eigenvalue weighted by Crippen LogP contribution is -2.34. The lowest BCUT2D eigenvalue weighted by molar-refractivity contribution is 0.137. The van der Waals surface area contributed by atoms with Crippen LogP contribution in [0.25, 0.3) is 16.7 Å². The fraction of sp³-hybridized carbons (Fsp3) is 0.360. The monoisotopic (exact) mass is 428 g/mol. The average molecular weight is 429 g/mol. The van der Waals surface area contributed by atoms with Gasteiger partial charge in [-0.15, -0.1) is 0 Å². The van der Waals surface area contributed by atoms with Gasteiger partial charge in [0.05, 0.1) is 5.69 Å². The lowest BCUT2D eigenvalue weighted by Gasteiger charge is -2.39. The molecule has 3 aromatic heterocycles. The number of anilines is 2. The first-order valence-electron chi connectivity index (χ1n) is 11.1. The van der Waals surface area contributed by atoms with Crippen LogP contribution in [-0.4, -0.2) is 24.3 Å². The van der Waals surface area contributed by atoms with Crippen LogP contribution in [0.15, 0.2) is 65.8 Å². The van der Waals surface area contributed by atoms with E-state index in [9.17, 15) is 4.79 Å². The summed E-state index contributed by atoms with van der Waals surface area (Å²) in [7, 11) is 0. The molecule has 7 nitrogen and oxygen atoms in total. The van der Waals surface area contributed by atoms with Crippen LogP contribution < -0.4 is 10.9 Å². The van der Waals surface area contributed by atoms with E-state index in [1.807, 2.05) is 51.8 Å². The largest absolute Gasteiger partial charge is 0.324 e. The fourth-order valence-electron chi connectivity index (χ4n) is 5.19. The predicted octanol–water partition coefficient (Wildman–Crippen LogP) is 5.11. The van der Waals surface area contributed by atoms with Crippen LogP contribution in [0.1, 0.15) is 46.1 Å². The third-order valence-corrected chi connectivity index (χ3v) is 6.29. The molecular weight excluding hydrogens is 400 g/mol. The molecule has 1 aromatic carbocycles. The van der Waals surface area contributed by atoms with E-state index in [0.717, 1.165) is 29.6 Å². The molecular formula is C25H28N6O. The first-order chi connectivity index (χ1) is 15.4. The molecule has 2 atom stereocenters. The van der Waals surface area contributed by atoms with Gasteiger partial charge in [0.1, 0.15) is 5.65 Å². The summed E-state index contributed by atoms with van der Waals surface area (Å²) >= 11 is 0. The quantitative estimate of drug-likeness (QED) is 0.489. The topological polar surface area (TPSA) is 77.6 Å². The smallest absolute Gasteiger partial charge is 0.252 e. The van der Waals surface area contributed by atoms with Crippen molar-refractivity contribution in [2.24, 2.45) is 11.3 Å². The summed E-state index contributed by atoms with van der Waals surface area (Å²) in [5.74, 6) is 1.05. The van der Waals surface area contributed by atoms with Gasteiger partial charge in [0.25, 0.3) is 5.56 Å². The van der Waals surface area contributed by atoms with Gasteiger partial charge in [0.15, 0.2) is 0 Å². The maximum atomic E-state index is 12.9. The minimum absolute atomic E-state index is 0.000579. The summed E-state index contributed by atoms with van der Waals surface area (Å²) in [5.41, 5.74) is 2.74. The maximum absolute atomic E-state index is 12.9. The zero-order valence-electron chi connectivity index (χ0n) is 18.7. The Morgan fingerprint density at radius 2 is 1.91 bits per heavy atom. The van der Waals surface area contributed by atoms with Crippen LogP contribution in [0.2, 0.25) is 0 Å². The van der Waals surface area contributed by atoms with Crippen molar-refractivity contribution in [2.75, 3.05) is 5.32 Å². The van der Waals surface area contributed by atoms with E-state index in [4.69, 9.17) is 4.98 Å². The Kier molecular flexibility index (Phi) is 5.04. The second-order valence-electron chi connectivity index (χ2n) is 9.70. The number of nitrogens with one attached hydrogen (secondary N) is 1. The van der Waals surface area contributed by atoms with Gasteiger partial charge in [-0.1, -0.05) is 20.8 Å². The lowest BCUT2D eigenvalue weighted by atomic mass is 9.70. The summed E-state index contributed by atoms with van der Waals surface area (Å²) in [4.78, 5) is 22.2. The first kappa shape index (κ1) is 20.4. The molecule has 1 saturated carbocycles. The van der Waals surface area contributed by atoms with Crippen molar-refractivity contribution in [3.05, 3.63) is 71.4 Å². The van der Waals surface area contributed by atoms with Crippen LogP contribution in [0, 0.1) is 11.3 Å². The van der Waals surface area contributed by atoms with Crippen LogP contribution in [0.4, 0.5) is 11.6 Å². The number of nitrogens with zero attached hydrogens (tertiary/aromatic N) is 5. The van der Waals surface area contributed by atoms with E-state index < -0.39 is 0 Å².